The normalized spacial score (nSPS) is 16.8. The van der Waals surface area contributed by atoms with Crippen LogP contribution in [0.2, 0.25) is 0 Å². The molecule has 0 radical (unpaired) electrons. The van der Waals surface area contributed by atoms with Gasteiger partial charge in [-0.05, 0) is 49.1 Å². The van der Waals surface area contributed by atoms with Gasteiger partial charge in [-0.3, -0.25) is 4.79 Å². The van der Waals surface area contributed by atoms with Crippen LogP contribution >= 0.6 is 11.3 Å². The van der Waals surface area contributed by atoms with Gasteiger partial charge < -0.3 is 9.80 Å². The number of amides is 1. The number of benzene rings is 1. The van der Waals surface area contributed by atoms with Crippen LogP contribution in [0.3, 0.4) is 0 Å². The lowest BCUT2D eigenvalue weighted by Crippen LogP contribution is -2.49. The Hall–Kier alpha value is -2.54. The SMILES string of the molecule is O=C(c1ccc(F)cc1)N1CCN(c2ncnc3sc4c(c23)CCC4)CC1. The van der Waals surface area contributed by atoms with Crippen molar-refractivity contribution in [1.82, 2.24) is 14.9 Å². The van der Waals surface area contributed by atoms with E-state index in [1.165, 1.54) is 34.4 Å². The molecule has 7 heteroatoms. The fourth-order valence-electron chi connectivity index (χ4n) is 4.05. The second-order valence-electron chi connectivity index (χ2n) is 7.02. The molecule has 5 nitrogen and oxygen atoms in total. The quantitative estimate of drug-likeness (QED) is 0.683. The molecular formula is C20H19FN4OS. The Balaban J connectivity index is 1.36. The third-order valence-corrected chi connectivity index (χ3v) is 6.64. The number of carbonyl (C=O) groups is 1. The zero-order valence-corrected chi connectivity index (χ0v) is 15.6. The zero-order valence-electron chi connectivity index (χ0n) is 14.8. The minimum atomic E-state index is -0.326. The minimum Gasteiger partial charge on any atom is -0.352 e. The number of aryl methyl sites for hydroxylation is 2. The van der Waals surface area contributed by atoms with Gasteiger partial charge in [0.25, 0.3) is 5.91 Å². The number of rotatable bonds is 2. The summed E-state index contributed by atoms with van der Waals surface area (Å²) < 4.78 is 13.1. The highest BCUT2D eigenvalue weighted by atomic mass is 32.1. The number of hydrogen-bond acceptors (Lipinski definition) is 5. The maximum absolute atomic E-state index is 13.1. The highest BCUT2D eigenvalue weighted by Gasteiger charge is 2.27. The summed E-state index contributed by atoms with van der Waals surface area (Å²) in [5.74, 6) is 0.639. The molecule has 1 aromatic carbocycles. The van der Waals surface area contributed by atoms with E-state index in [0.29, 0.717) is 18.7 Å². The van der Waals surface area contributed by atoms with Gasteiger partial charge in [0, 0.05) is 36.6 Å². The van der Waals surface area contributed by atoms with Crippen molar-refractivity contribution in [2.24, 2.45) is 0 Å². The molecule has 0 unspecified atom stereocenters. The molecule has 0 saturated carbocycles. The number of thiophene rings is 1. The van der Waals surface area contributed by atoms with Crippen LogP contribution < -0.4 is 4.90 Å². The van der Waals surface area contributed by atoms with E-state index in [0.717, 1.165) is 36.6 Å². The molecule has 5 rings (SSSR count). The lowest BCUT2D eigenvalue weighted by atomic mass is 10.1. The molecule has 3 heterocycles. The first-order valence-electron chi connectivity index (χ1n) is 9.26. The number of anilines is 1. The molecule has 1 fully saturated rings. The second kappa shape index (κ2) is 6.56. The third-order valence-electron chi connectivity index (χ3n) is 5.44. The van der Waals surface area contributed by atoms with E-state index >= 15 is 0 Å². The fraction of sp³-hybridized carbons (Fsp3) is 0.350. The van der Waals surface area contributed by atoms with E-state index in [1.54, 1.807) is 29.8 Å². The van der Waals surface area contributed by atoms with Crippen molar-refractivity contribution in [3.8, 4) is 0 Å². The van der Waals surface area contributed by atoms with E-state index in [-0.39, 0.29) is 11.7 Å². The molecule has 27 heavy (non-hydrogen) atoms. The molecule has 1 amide bonds. The van der Waals surface area contributed by atoms with Gasteiger partial charge in [0.1, 0.15) is 22.8 Å². The first-order valence-corrected chi connectivity index (χ1v) is 10.1. The van der Waals surface area contributed by atoms with Crippen LogP contribution in [-0.4, -0.2) is 47.0 Å². The summed E-state index contributed by atoms with van der Waals surface area (Å²) in [7, 11) is 0. The van der Waals surface area contributed by atoms with E-state index in [2.05, 4.69) is 14.9 Å². The molecule has 0 atom stereocenters. The average Bonchev–Trinajstić information content (AvgIpc) is 3.29. The molecule has 0 bridgehead atoms. The second-order valence-corrected chi connectivity index (χ2v) is 8.10. The van der Waals surface area contributed by atoms with Crippen molar-refractivity contribution >= 4 is 33.3 Å². The molecule has 1 saturated heterocycles. The summed E-state index contributed by atoms with van der Waals surface area (Å²) >= 11 is 1.80. The molecule has 2 aromatic heterocycles. The Labute approximate surface area is 160 Å². The van der Waals surface area contributed by atoms with Crippen molar-refractivity contribution < 1.29 is 9.18 Å². The standard InChI is InChI=1S/C20H19FN4OS/c21-14-6-4-13(5-7-14)20(26)25-10-8-24(9-11-25)18-17-15-2-1-3-16(15)27-19(17)23-12-22-18/h4-7,12H,1-3,8-11H2. The monoisotopic (exact) mass is 382 g/mol. The Morgan fingerprint density at radius 3 is 2.59 bits per heavy atom. The summed E-state index contributed by atoms with van der Waals surface area (Å²) in [5, 5.41) is 1.22. The molecule has 3 aromatic rings. The highest BCUT2D eigenvalue weighted by Crippen LogP contribution is 2.40. The number of nitrogens with zero attached hydrogens (tertiary/aromatic N) is 4. The van der Waals surface area contributed by atoms with Gasteiger partial charge in [-0.15, -0.1) is 11.3 Å². The largest absolute Gasteiger partial charge is 0.352 e. The highest BCUT2D eigenvalue weighted by molar-refractivity contribution is 7.19. The van der Waals surface area contributed by atoms with Crippen molar-refractivity contribution in [2.75, 3.05) is 31.1 Å². The zero-order chi connectivity index (χ0) is 18.4. The summed E-state index contributed by atoms with van der Waals surface area (Å²) in [6, 6.07) is 5.76. The van der Waals surface area contributed by atoms with E-state index in [1.807, 2.05) is 4.90 Å². The van der Waals surface area contributed by atoms with Crippen molar-refractivity contribution in [3.63, 3.8) is 0 Å². The van der Waals surface area contributed by atoms with Gasteiger partial charge in [0.15, 0.2) is 0 Å². The Bertz CT molecular complexity index is 1010. The van der Waals surface area contributed by atoms with Gasteiger partial charge in [-0.2, -0.15) is 0 Å². The summed E-state index contributed by atoms with van der Waals surface area (Å²) in [4.78, 5) is 28.3. The number of hydrogen-bond donors (Lipinski definition) is 0. The molecule has 2 aliphatic rings. The van der Waals surface area contributed by atoms with Crippen molar-refractivity contribution in [2.45, 2.75) is 19.3 Å². The topological polar surface area (TPSA) is 49.3 Å². The predicted molar refractivity (Wildman–Crippen MR) is 104 cm³/mol. The number of carbonyl (C=O) groups excluding carboxylic acids is 1. The third kappa shape index (κ3) is 2.86. The average molecular weight is 382 g/mol. The Morgan fingerprint density at radius 2 is 1.81 bits per heavy atom. The van der Waals surface area contributed by atoms with Gasteiger partial charge in [-0.1, -0.05) is 0 Å². The summed E-state index contributed by atoms with van der Waals surface area (Å²) in [6.07, 6.45) is 5.12. The Kier molecular flexibility index (Phi) is 4.04. The van der Waals surface area contributed by atoms with E-state index in [4.69, 9.17) is 0 Å². The maximum Gasteiger partial charge on any atom is 0.253 e. The summed E-state index contributed by atoms with van der Waals surface area (Å²) in [5.41, 5.74) is 1.96. The Morgan fingerprint density at radius 1 is 1.04 bits per heavy atom. The van der Waals surface area contributed by atoms with Crippen LogP contribution in [0.4, 0.5) is 10.2 Å². The molecular weight excluding hydrogens is 363 g/mol. The fourth-order valence-corrected chi connectivity index (χ4v) is 5.27. The minimum absolute atomic E-state index is 0.0427. The number of fused-ring (bicyclic) bond motifs is 3. The van der Waals surface area contributed by atoms with Crippen molar-refractivity contribution in [3.05, 3.63) is 52.4 Å². The van der Waals surface area contributed by atoms with Gasteiger partial charge in [0.05, 0.1) is 5.39 Å². The van der Waals surface area contributed by atoms with Crippen molar-refractivity contribution in [1.29, 1.82) is 0 Å². The molecule has 0 N–H and O–H groups in total. The van der Waals surface area contributed by atoms with Crippen LogP contribution in [0.15, 0.2) is 30.6 Å². The van der Waals surface area contributed by atoms with Crippen LogP contribution in [0, 0.1) is 5.82 Å². The first-order chi connectivity index (χ1) is 13.2. The van der Waals surface area contributed by atoms with E-state index < -0.39 is 0 Å². The van der Waals surface area contributed by atoms with Gasteiger partial charge in [-0.25, -0.2) is 14.4 Å². The predicted octanol–water partition coefficient (Wildman–Crippen LogP) is 3.28. The van der Waals surface area contributed by atoms with Crippen LogP contribution in [-0.2, 0) is 12.8 Å². The molecule has 1 aliphatic carbocycles. The molecule has 138 valence electrons. The van der Waals surface area contributed by atoms with Gasteiger partial charge in [0.2, 0.25) is 0 Å². The van der Waals surface area contributed by atoms with Crippen LogP contribution in [0.1, 0.15) is 27.2 Å². The van der Waals surface area contributed by atoms with Crippen LogP contribution in [0.25, 0.3) is 10.2 Å². The van der Waals surface area contributed by atoms with E-state index in [9.17, 15) is 9.18 Å². The smallest absolute Gasteiger partial charge is 0.253 e. The number of piperazine rings is 1. The summed E-state index contributed by atoms with van der Waals surface area (Å²) in [6.45, 7) is 2.75. The lowest BCUT2D eigenvalue weighted by Gasteiger charge is -2.35. The first kappa shape index (κ1) is 16.6. The molecule has 1 aliphatic heterocycles. The lowest BCUT2D eigenvalue weighted by molar-refractivity contribution is 0.0746. The number of halogens is 1. The van der Waals surface area contributed by atoms with Crippen LogP contribution in [0.5, 0.6) is 0 Å². The van der Waals surface area contributed by atoms with Gasteiger partial charge >= 0.3 is 0 Å². The maximum atomic E-state index is 13.1. The molecule has 0 spiro atoms. The number of aromatic nitrogens is 2.